The number of rotatable bonds is 8. The second-order valence-electron chi connectivity index (χ2n) is 6.06. The van der Waals surface area contributed by atoms with E-state index < -0.39 is 0 Å². The van der Waals surface area contributed by atoms with Crippen molar-refractivity contribution in [2.24, 2.45) is 5.16 Å². The Bertz CT molecular complexity index is 421. The van der Waals surface area contributed by atoms with Crippen LogP contribution in [0.25, 0.3) is 0 Å². The van der Waals surface area contributed by atoms with Gasteiger partial charge in [-0.05, 0) is 43.2 Å². The summed E-state index contributed by atoms with van der Waals surface area (Å²) in [6, 6.07) is 8.63. The summed E-state index contributed by atoms with van der Waals surface area (Å²) in [5.41, 5.74) is 2.48. The Hall–Kier alpha value is -1.31. The number of hydrogen-bond donors (Lipinski definition) is 0. The molecule has 2 nitrogen and oxygen atoms in total. The third-order valence-corrected chi connectivity index (χ3v) is 4.29. The molecule has 0 spiro atoms. The van der Waals surface area contributed by atoms with Crippen molar-refractivity contribution in [1.82, 2.24) is 0 Å². The Kier molecular flexibility index (Phi) is 7.34. The molecule has 1 saturated carbocycles. The van der Waals surface area contributed by atoms with Crippen LogP contribution in [0.15, 0.2) is 29.4 Å². The predicted molar refractivity (Wildman–Crippen MR) is 88.9 cm³/mol. The van der Waals surface area contributed by atoms with Gasteiger partial charge in [0.25, 0.3) is 0 Å². The van der Waals surface area contributed by atoms with Gasteiger partial charge in [0.1, 0.15) is 12.8 Å². The van der Waals surface area contributed by atoms with Crippen LogP contribution in [0.4, 0.5) is 0 Å². The third kappa shape index (κ3) is 5.91. The molecule has 1 aliphatic rings. The summed E-state index contributed by atoms with van der Waals surface area (Å²) in [6.07, 6.45) is 14.7. The maximum Gasteiger partial charge on any atom is 0.139 e. The van der Waals surface area contributed by atoms with E-state index in [2.05, 4.69) is 42.6 Å². The summed E-state index contributed by atoms with van der Waals surface area (Å²) in [7, 11) is 0. The van der Waals surface area contributed by atoms with Crippen LogP contribution in [-0.2, 0) is 4.84 Å². The Morgan fingerprint density at radius 3 is 2.81 bits per heavy atom. The van der Waals surface area contributed by atoms with E-state index in [1.807, 2.05) is 0 Å². The summed E-state index contributed by atoms with van der Waals surface area (Å²) in [5.74, 6) is 0.732. The topological polar surface area (TPSA) is 21.6 Å². The maximum atomic E-state index is 5.28. The smallest absolute Gasteiger partial charge is 0.139 e. The van der Waals surface area contributed by atoms with Crippen molar-refractivity contribution < 1.29 is 4.84 Å². The zero-order valence-electron chi connectivity index (χ0n) is 13.3. The van der Waals surface area contributed by atoms with Gasteiger partial charge in [0, 0.05) is 5.56 Å². The zero-order valence-corrected chi connectivity index (χ0v) is 13.3. The largest absolute Gasteiger partial charge is 0.395 e. The minimum atomic E-state index is 0.704. The van der Waals surface area contributed by atoms with Crippen LogP contribution in [0.5, 0.6) is 0 Å². The van der Waals surface area contributed by atoms with Crippen molar-refractivity contribution in [2.45, 2.75) is 70.6 Å². The zero-order chi connectivity index (χ0) is 14.8. The maximum absolute atomic E-state index is 5.28. The molecule has 2 heteroatoms. The van der Waals surface area contributed by atoms with E-state index in [-0.39, 0.29) is 0 Å². The average molecular weight is 286 g/mol. The van der Waals surface area contributed by atoms with E-state index in [0.29, 0.717) is 6.61 Å². The highest BCUT2D eigenvalue weighted by Crippen LogP contribution is 2.32. The molecule has 0 aliphatic heterocycles. The molecule has 2 rings (SSSR count). The normalized spacial score (nSPS) is 16.4. The molecule has 1 aliphatic carbocycles. The van der Waals surface area contributed by atoms with Crippen molar-refractivity contribution in [3.05, 3.63) is 35.4 Å². The van der Waals surface area contributed by atoms with Crippen molar-refractivity contribution >= 4 is 6.21 Å². The fourth-order valence-electron chi connectivity index (χ4n) is 3.02. The standard InChI is InChI=1S/C19H28NO/c1-2-3-4-8-14-21-20-16-17-10-9-13-19(15-17)18-11-6-5-7-12-18/h9-10,13,15,18H,2-8,11-12,14H2,1H3. The molecule has 1 aromatic rings. The molecule has 115 valence electrons. The van der Waals surface area contributed by atoms with Gasteiger partial charge >= 0.3 is 0 Å². The highest BCUT2D eigenvalue weighted by atomic mass is 16.6. The molecule has 21 heavy (non-hydrogen) atoms. The second-order valence-corrected chi connectivity index (χ2v) is 6.06. The average Bonchev–Trinajstić information content (AvgIpc) is 2.55. The van der Waals surface area contributed by atoms with Crippen LogP contribution in [0, 0.1) is 0 Å². The van der Waals surface area contributed by atoms with Crippen molar-refractivity contribution in [3.63, 3.8) is 0 Å². The lowest BCUT2D eigenvalue weighted by Gasteiger charge is -2.22. The molecule has 0 saturated heterocycles. The molecular formula is C19H28NO. The van der Waals surface area contributed by atoms with E-state index >= 15 is 0 Å². The van der Waals surface area contributed by atoms with E-state index in [1.165, 1.54) is 56.9 Å². The molecule has 1 fully saturated rings. The molecule has 0 atom stereocenters. The second kappa shape index (κ2) is 9.59. The molecule has 0 bridgehead atoms. The third-order valence-electron chi connectivity index (χ3n) is 4.29. The number of hydrogen-bond acceptors (Lipinski definition) is 2. The Morgan fingerprint density at radius 1 is 1.14 bits per heavy atom. The fourth-order valence-corrected chi connectivity index (χ4v) is 3.02. The van der Waals surface area contributed by atoms with Gasteiger partial charge in [-0.3, -0.25) is 0 Å². The molecule has 1 aromatic carbocycles. The summed E-state index contributed by atoms with van der Waals surface area (Å²) in [6.45, 7) is 2.92. The number of benzene rings is 1. The quantitative estimate of drug-likeness (QED) is 0.349. The van der Waals surface area contributed by atoms with E-state index in [9.17, 15) is 0 Å². The van der Waals surface area contributed by atoms with Gasteiger partial charge in [0.05, 0.1) is 0 Å². The van der Waals surface area contributed by atoms with Crippen molar-refractivity contribution in [1.29, 1.82) is 0 Å². The first-order chi connectivity index (χ1) is 10.4. The molecule has 0 amide bonds. The first kappa shape index (κ1) is 16.1. The Labute approximate surface area is 129 Å². The summed E-state index contributed by atoms with van der Waals surface area (Å²) in [4.78, 5) is 5.28. The molecule has 0 unspecified atom stereocenters. The van der Waals surface area contributed by atoms with Gasteiger partial charge in [-0.1, -0.05) is 62.4 Å². The van der Waals surface area contributed by atoms with Gasteiger partial charge in [-0.25, -0.2) is 0 Å². The van der Waals surface area contributed by atoms with E-state index in [4.69, 9.17) is 4.84 Å². The van der Waals surface area contributed by atoms with E-state index in [0.717, 1.165) is 17.9 Å². The van der Waals surface area contributed by atoms with Crippen LogP contribution in [-0.4, -0.2) is 12.8 Å². The molecule has 0 heterocycles. The minimum Gasteiger partial charge on any atom is -0.395 e. The monoisotopic (exact) mass is 286 g/mol. The van der Waals surface area contributed by atoms with Crippen LogP contribution in [0.1, 0.15) is 81.8 Å². The highest BCUT2D eigenvalue weighted by molar-refractivity contribution is 5.79. The first-order valence-corrected chi connectivity index (χ1v) is 8.58. The Balaban J connectivity index is 1.77. The lowest BCUT2D eigenvalue weighted by Crippen LogP contribution is -2.04. The van der Waals surface area contributed by atoms with Gasteiger partial charge < -0.3 is 4.84 Å². The van der Waals surface area contributed by atoms with Gasteiger partial charge in [-0.2, -0.15) is 0 Å². The lowest BCUT2D eigenvalue weighted by molar-refractivity contribution is 0.141. The number of unbranched alkanes of at least 4 members (excludes halogenated alkanes) is 3. The summed E-state index contributed by atoms with van der Waals surface area (Å²) >= 11 is 0. The summed E-state index contributed by atoms with van der Waals surface area (Å²) in [5, 5.41) is 3.98. The Morgan fingerprint density at radius 2 is 2.00 bits per heavy atom. The van der Waals surface area contributed by atoms with E-state index in [1.54, 1.807) is 0 Å². The predicted octanol–water partition coefficient (Wildman–Crippen LogP) is 5.54. The van der Waals surface area contributed by atoms with Crippen molar-refractivity contribution in [2.75, 3.05) is 6.61 Å². The SMILES string of the molecule is CCCCCCO/N=[C]/c1cccc(C2CCCCC2)c1. The number of nitrogens with zero attached hydrogens (tertiary/aromatic N) is 1. The lowest BCUT2D eigenvalue weighted by atomic mass is 9.84. The van der Waals surface area contributed by atoms with Gasteiger partial charge in [-0.15, -0.1) is 0 Å². The van der Waals surface area contributed by atoms with Crippen LogP contribution < -0.4 is 0 Å². The van der Waals surface area contributed by atoms with Crippen molar-refractivity contribution in [3.8, 4) is 0 Å². The minimum absolute atomic E-state index is 0.704. The van der Waals surface area contributed by atoms with Gasteiger partial charge in [0.2, 0.25) is 0 Å². The molecule has 1 radical (unpaired) electrons. The van der Waals surface area contributed by atoms with Crippen LogP contribution in [0.2, 0.25) is 0 Å². The van der Waals surface area contributed by atoms with Crippen LogP contribution in [0.3, 0.4) is 0 Å². The highest BCUT2D eigenvalue weighted by Gasteiger charge is 2.15. The summed E-state index contributed by atoms with van der Waals surface area (Å²) < 4.78 is 0. The molecule has 0 N–H and O–H groups in total. The molecular weight excluding hydrogens is 258 g/mol. The fraction of sp³-hybridized carbons (Fsp3) is 0.632. The van der Waals surface area contributed by atoms with Gasteiger partial charge in [0.15, 0.2) is 0 Å². The molecule has 0 aromatic heterocycles. The van der Waals surface area contributed by atoms with Crippen LogP contribution >= 0.6 is 0 Å². The first-order valence-electron chi connectivity index (χ1n) is 8.58.